The van der Waals surface area contributed by atoms with Crippen molar-refractivity contribution >= 4 is 21.8 Å². The van der Waals surface area contributed by atoms with Gasteiger partial charge in [0.2, 0.25) is 10.0 Å². The van der Waals surface area contributed by atoms with E-state index >= 15 is 0 Å². The first kappa shape index (κ1) is 25.3. The van der Waals surface area contributed by atoms with E-state index in [0.29, 0.717) is 9.13 Å². The van der Waals surface area contributed by atoms with E-state index in [0.717, 1.165) is 29.6 Å². The third kappa shape index (κ3) is 5.26. The van der Waals surface area contributed by atoms with Gasteiger partial charge >= 0.3 is 22.6 Å². The zero-order valence-electron chi connectivity index (χ0n) is 17.8. The number of hydrogen-bond donors (Lipinski definition) is 1. The zero-order valence-corrected chi connectivity index (χ0v) is 19.4. The summed E-state index contributed by atoms with van der Waals surface area (Å²) in [6, 6.07) is 8.20. The van der Waals surface area contributed by atoms with Gasteiger partial charge in [0.1, 0.15) is 16.4 Å². The van der Waals surface area contributed by atoms with Gasteiger partial charge in [-0.15, -0.1) is 0 Å². The van der Waals surface area contributed by atoms with Gasteiger partial charge in [-0.05, 0) is 54.2 Å². The Hall–Kier alpha value is -3.30. The van der Waals surface area contributed by atoms with E-state index in [1.165, 1.54) is 38.4 Å². The number of nitrogens with one attached hydrogen (secondary N) is 1. The molecular weight excluding hydrogens is 501 g/mol. The van der Waals surface area contributed by atoms with Crippen molar-refractivity contribution in [2.75, 3.05) is 14.1 Å². The number of hydrogen-bond acceptors (Lipinski definition) is 7. The second kappa shape index (κ2) is 9.15. The van der Waals surface area contributed by atoms with E-state index in [4.69, 9.17) is 4.74 Å². The van der Waals surface area contributed by atoms with Crippen LogP contribution >= 0.6 is 11.8 Å². The molecule has 10 nitrogen and oxygen atoms in total. The molecule has 34 heavy (non-hydrogen) atoms. The number of ether oxygens (including phenoxy) is 1. The summed E-state index contributed by atoms with van der Waals surface area (Å²) < 4.78 is 71.1. The predicted molar refractivity (Wildman–Crippen MR) is 117 cm³/mol. The maximum atomic E-state index is 12.9. The van der Waals surface area contributed by atoms with Gasteiger partial charge in [-0.2, -0.15) is 13.2 Å². The molecule has 2 aromatic carbocycles. The number of thioether (sulfide) groups is 1. The minimum absolute atomic E-state index is 0.0478. The van der Waals surface area contributed by atoms with Gasteiger partial charge in [0.15, 0.2) is 0 Å². The van der Waals surface area contributed by atoms with Crippen LogP contribution in [0.15, 0.2) is 66.6 Å². The minimum atomic E-state index is -4.47. The van der Waals surface area contributed by atoms with Crippen LogP contribution in [0.5, 0.6) is 11.5 Å². The standard InChI is InChI=1S/C19H17F3N4O6S2/c1-24(2)34(30,31)15-10-11(26-17(28)23-16(27)25(3)18(26)29)4-9-14(15)32-12-5-7-13(8-6-12)33-19(20,21)22/h4-10H,1-3H3,(H,23,27,28). The van der Waals surface area contributed by atoms with Gasteiger partial charge in [0.05, 0.1) is 5.69 Å². The Morgan fingerprint density at radius 1 is 1.00 bits per heavy atom. The monoisotopic (exact) mass is 518 g/mol. The molecule has 0 saturated heterocycles. The fraction of sp³-hybridized carbons (Fsp3) is 0.211. The molecule has 0 bridgehead atoms. The fourth-order valence-electron chi connectivity index (χ4n) is 2.74. The fourth-order valence-corrected chi connectivity index (χ4v) is 4.30. The number of nitrogens with zero attached hydrogens (tertiary/aromatic N) is 3. The van der Waals surface area contributed by atoms with Gasteiger partial charge in [-0.1, -0.05) is 0 Å². The topological polar surface area (TPSA) is 123 Å². The Kier molecular flexibility index (Phi) is 6.82. The van der Waals surface area contributed by atoms with Crippen molar-refractivity contribution in [3.8, 4) is 17.2 Å². The molecule has 0 aliphatic carbocycles. The van der Waals surface area contributed by atoms with Crippen LogP contribution in [0.3, 0.4) is 0 Å². The highest BCUT2D eigenvalue weighted by Gasteiger charge is 2.29. The summed E-state index contributed by atoms with van der Waals surface area (Å²) in [7, 11) is -0.543. The van der Waals surface area contributed by atoms with Crippen molar-refractivity contribution < 1.29 is 26.3 Å². The number of alkyl halides is 3. The van der Waals surface area contributed by atoms with Crippen LogP contribution < -0.4 is 21.8 Å². The summed E-state index contributed by atoms with van der Waals surface area (Å²) in [5.41, 5.74) is -7.66. The smallest absolute Gasteiger partial charge is 0.446 e. The van der Waals surface area contributed by atoms with Crippen LogP contribution in [-0.2, 0) is 17.1 Å². The van der Waals surface area contributed by atoms with E-state index in [9.17, 15) is 36.0 Å². The lowest BCUT2D eigenvalue weighted by atomic mass is 10.3. The predicted octanol–water partition coefficient (Wildman–Crippen LogP) is 1.88. The summed E-state index contributed by atoms with van der Waals surface area (Å²) in [4.78, 5) is 37.7. The molecule has 0 unspecified atom stereocenters. The second-order valence-electron chi connectivity index (χ2n) is 6.95. The Labute approximate surface area is 194 Å². The number of sulfonamides is 1. The lowest BCUT2D eigenvalue weighted by Crippen LogP contribution is -2.47. The molecule has 3 rings (SSSR count). The van der Waals surface area contributed by atoms with Crippen LogP contribution in [0.4, 0.5) is 13.2 Å². The Morgan fingerprint density at radius 3 is 2.18 bits per heavy atom. The average Bonchev–Trinajstić information content (AvgIpc) is 2.73. The number of H-pyrrole nitrogens is 1. The third-order valence-corrected chi connectivity index (χ3v) is 7.00. The summed E-state index contributed by atoms with van der Waals surface area (Å²) in [5, 5.41) is 0. The van der Waals surface area contributed by atoms with Crippen molar-refractivity contribution in [2.45, 2.75) is 15.3 Å². The molecular formula is C19H17F3N4O6S2. The van der Waals surface area contributed by atoms with Crippen molar-refractivity contribution in [2.24, 2.45) is 7.05 Å². The van der Waals surface area contributed by atoms with Crippen molar-refractivity contribution in [1.82, 2.24) is 18.4 Å². The highest BCUT2D eigenvalue weighted by Crippen LogP contribution is 2.38. The molecule has 1 aromatic heterocycles. The number of aromatic nitrogens is 3. The zero-order chi connectivity index (χ0) is 25.4. The van der Waals surface area contributed by atoms with Crippen LogP contribution in [0.25, 0.3) is 5.69 Å². The van der Waals surface area contributed by atoms with Crippen LogP contribution in [-0.4, -0.2) is 46.4 Å². The van der Waals surface area contributed by atoms with Crippen molar-refractivity contribution in [3.63, 3.8) is 0 Å². The van der Waals surface area contributed by atoms with E-state index in [-0.39, 0.29) is 33.8 Å². The van der Waals surface area contributed by atoms with Gasteiger partial charge < -0.3 is 4.74 Å². The first-order valence-electron chi connectivity index (χ1n) is 9.23. The second-order valence-corrected chi connectivity index (χ2v) is 10.2. The van der Waals surface area contributed by atoms with Gasteiger partial charge in [0, 0.05) is 26.0 Å². The van der Waals surface area contributed by atoms with Gasteiger partial charge in [0.25, 0.3) is 0 Å². The first-order chi connectivity index (χ1) is 15.7. The lowest BCUT2D eigenvalue weighted by molar-refractivity contribution is -0.0328. The molecule has 15 heteroatoms. The quantitative estimate of drug-likeness (QED) is 0.494. The minimum Gasteiger partial charge on any atom is -0.456 e. The maximum absolute atomic E-state index is 12.9. The summed E-state index contributed by atoms with van der Waals surface area (Å²) in [5.74, 6) is -0.158. The van der Waals surface area contributed by atoms with E-state index < -0.39 is 37.5 Å². The first-order valence-corrected chi connectivity index (χ1v) is 11.5. The van der Waals surface area contributed by atoms with E-state index in [2.05, 4.69) is 0 Å². The molecule has 0 radical (unpaired) electrons. The van der Waals surface area contributed by atoms with Crippen molar-refractivity contribution in [3.05, 3.63) is 73.9 Å². The Balaban J connectivity index is 2.12. The number of rotatable bonds is 6. The molecule has 0 saturated carbocycles. The SMILES string of the molecule is CN(C)S(=O)(=O)c1cc(-n2c(=O)[nH]c(=O)n(C)c2=O)ccc1Oc1ccc(SC(F)(F)F)cc1. The lowest BCUT2D eigenvalue weighted by Gasteiger charge is -2.17. The summed E-state index contributed by atoms with van der Waals surface area (Å²) in [6.45, 7) is 0. The highest BCUT2D eigenvalue weighted by molar-refractivity contribution is 8.00. The molecule has 0 aliphatic heterocycles. The summed E-state index contributed by atoms with van der Waals surface area (Å²) >= 11 is -0.316. The van der Waals surface area contributed by atoms with Gasteiger partial charge in [-0.25, -0.2) is 36.2 Å². The Morgan fingerprint density at radius 2 is 1.62 bits per heavy atom. The van der Waals surface area contributed by atoms with Crippen LogP contribution in [0.1, 0.15) is 0 Å². The largest absolute Gasteiger partial charge is 0.456 e. The maximum Gasteiger partial charge on any atom is 0.446 e. The molecule has 0 spiro atoms. The number of halogens is 3. The molecule has 1 N–H and O–H groups in total. The summed E-state index contributed by atoms with van der Waals surface area (Å²) in [6.07, 6.45) is 0. The Bertz CT molecular complexity index is 1510. The average molecular weight is 518 g/mol. The molecule has 3 aromatic rings. The van der Waals surface area contributed by atoms with Crippen LogP contribution in [0.2, 0.25) is 0 Å². The third-order valence-electron chi connectivity index (χ3n) is 4.43. The molecule has 1 heterocycles. The number of benzene rings is 2. The molecule has 0 fully saturated rings. The highest BCUT2D eigenvalue weighted by atomic mass is 32.2. The molecule has 0 atom stereocenters. The number of aromatic amines is 1. The molecule has 0 amide bonds. The van der Waals surface area contributed by atoms with E-state index in [1.807, 2.05) is 4.98 Å². The van der Waals surface area contributed by atoms with E-state index in [1.54, 1.807) is 0 Å². The van der Waals surface area contributed by atoms with Crippen molar-refractivity contribution in [1.29, 1.82) is 0 Å². The normalized spacial score (nSPS) is 12.2. The molecule has 0 aliphatic rings. The molecule has 182 valence electrons. The van der Waals surface area contributed by atoms with Gasteiger partial charge in [-0.3, -0.25) is 4.98 Å². The van der Waals surface area contributed by atoms with Crippen LogP contribution in [0, 0.1) is 0 Å².